The molecule has 0 radical (unpaired) electrons. The Labute approximate surface area is 94.7 Å². The summed E-state index contributed by atoms with van der Waals surface area (Å²) in [4.78, 5) is 19.3. The quantitative estimate of drug-likeness (QED) is 0.686. The van der Waals surface area contributed by atoms with Gasteiger partial charge in [0.05, 0.1) is 0 Å². The number of amides is 1. The van der Waals surface area contributed by atoms with Crippen LogP contribution in [0.25, 0.3) is 0 Å². The first-order valence-corrected chi connectivity index (χ1v) is 5.14. The Morgan fingerprint density at radius 2 is 2.12 bits per heavy atom. The smallest absolute Gasteiger partial charge is 0.242 e. The Balaban J connectivity index is 2.57. The molecule has 1 aromatic rings. The van der Waals surface area contributed by atoms with Crippen LogP contribution < -0.4 is 16.4 Å². The van der Waals surface area contributed by atoms with Gasteiger partial charge in [0.2, 0.25) is 11.9 Å². The fourth-order valence-electron chi connectivity index (χ4n) is 1.15. The van der Waals surface area contributed by atoms with Gasteiger partial charge in [-0.15, -0.1) is 0 Å². The summed E-state index contributed by atoms with van der Waals surface area (Å²) in [5.41, 5.74) is 5.43. The minimum atomic E-state index is -0.364. The largest absolute Gasteiger partial charge is 0.368 e. The second-order valence-electron chi connectivity index (χ2n) is 3.83. The molecule has 0 aromatic carbocycles. The Morgan fingerprint density at radius 1 is 1.44 bits per heavy atom. The molecule has 88 valence electrons. The van der Waals surface area contributed by atoms with Crippen molar-refractivity contribution in [2.75, 3.05) is 11.1 Å². The van der Waals surface area contributed by atoms with Gasteiger partial charge in [0.15, 0.2) is 0 Å². The number of anilines is 2. The molecule has 1 unspecified atom stereocenters. The third-order valence-electron chi connectivity index (χ3n) is 1.86. The van der Waals surface area contributed by atoms with Crippen LogP contribution in [0.3, 0.4) is 0 Å². The zero-order chi connectivity index (χ0) is 12.1. The lowest BCUT2D eigenvalue weighted by atomic mass is 10.3. The van der Waals surface area contributed by atoms with Crippen LogP contribution in [0.4, 0.5) is 11.8 Å². The predicted octanol–water partition coefficient (Wildman–Crippen LogP) is 0.384. The molecule has 0 bridgehead atoms. The number of hydrogen-bond donors (Lipinski definition) is 3. The van der Waals surface area contributed by atoms with Crippen molar-refractivity contribution in [1.82, 2.24) is 15.3 Å². The molecule has 1 aromatic heterocycles. The third kappa shape index (κ3) is 3.72. The average Bonchev–Trinajstić information content (AvgIpc) is 2.16. The van der Waals surface area contributed by atoms with Gasteiger partial charge < -0.3 is 16.4 Å². The van der Waals surface area contributed by atoms with Gasteiger partial charge in [-0.1, -0.05) is 0 Å². The zero-order valence-corrected chi connectivity index (χ0v) is 9.69. The van der Waals surface area contributed by atoms with Crippen molar-refractivity contribution in [1.29, 1.82) is 0 Å². The lowest BCUT2D eigenvalue weighted by molar-refractivity contribution is -0.122. The van der Waals surface area contributed by atoms with Gasteiger partial charge in [-0.3, -0.25) is 4.79 Å². The SMILES string of the molecule is CC(C)NC(=O)C(C)Nc1ccnc(N)n1. The molecule has 0 saturated heterocycles. The summed E-state index contributed by atoms with van der Waals surface area (Å²) in [6, 6.07) is 1.42. The number of carbonyl (C=O) groups is 1. The molecule has 6 nitrogen and oxygen atoms in total. The molecule has 0 aliphatic rings. The summed E-state index contributed by atoms with van der Waals surface area (Å²) in [7, 11) is 0. The van der Waals surface area contributed by atoms with E-state index in [2.05, 4.69) is 20.6 Å². The van der Waals surface area contributed by atoms with E-state index in [1.165, 1.54) is 6.20 Å². The van der Waals surface area contributed by atoms with Crippen LogP contribution >= 0.6 is 0 Å². The van der Waals surface area contributed by atoms with Gasteiger partial charge in [0.25, 0.3) is 0 Å². The number of rotatable bonds is 4. The van der Waals surface area contributed by atoms with Crippen molar-refractivity contribution in [3.05, 3.63) is 12.3 Å². The van der Waals surface area contributed by atoms with E-state index in [4.69, 9.17) is 5.73 Å². The maximum Gasteiger partial charge on any atom is 0.242 e. The summed E-state index contributed by atoms with van der Waals surface area (Å²) in [5, 5.41) is 5.75. The van der Waals surface area contributed by atoms with Crippen LogP contribution in [0, 0.1) is 0 Å². The Bertz CT molecular complexity index is 366. The Morgan fingerprint density at radius 3 is 2.69 bits per heavy atom. The summed E-state index contributed by atoms with van der Waals surface area (Å²) in [5.74, 6) is 0.646. The van der Waals surface area contributed by atoms with Crippen LogP contribution in [-0.4, -0.2) is 28.0 Å². The number of nitrogen functional groups attached to an aromatic ring is 1. The predicted molar refractivity (Wildman–Crippen MR) is 62.8 cm³/mol. The van der Waals surface area contributed by atoms with E-state index < -0.39 is 0 Å². The number of nitrogens with two attached hydrogens (primary N) is 1. The highest BCUT2D eigenvalue weighted by atomic mass is 16.2. The lowest BCUT2D eigenvalue weighted by Crippen LogP contribution is -2.41. The van der Waals surface area contributed by atoms with E-state index in [-0.39, 0.29) is 23.9 Å². The second kappa shape index (κ2) is 5.29. The number of nitrogens with one attached hydrogen (secondary N) is 2. The summed E-state index contributed by atoms with van der Waals surface area (Å²) < 4.78 is 0. The molecule has 16 heavy (non-hydrogen) atoms. The first-order chi connectivity index (χ1) is 7.49. The highest BCUT2D eigenvalue weighted by Crippen LogP contribution is 2.04. The van der Waals surface area contributed by atoms with E-state index >= 15 is 0 Å². The van der Waals surface area contributed by atoms with E-state index in [9.17, 15) is 4.79 Å². The standard InChI is InChI=1S/C10H17N5O/c1-6(2)13-9(16)7(3)14-8-4-5-12-10(11)15-8/h4-7H,1-3H3,(H,13,16)(H3,11,12,14,15). The fourth-order valence-corrected chi connectivity index (χ4v) is 1.15. The van der Waals surface area contributed by atoms with Crippen LogP contribution in [0.2, 0.25) is 0 Å². The summed E-state index contributed by atoms with van der Waals surface area (Å²) >= 11 is 0. The number of hydrogen-bond acceptors (Lipinski definition) is 5. The summed E-state index contributed by atoms with van der Waals surface area (Å²) in [6.45, 7) is 5.58. The highest BCUT2D eigenvalue weighted by molar-refractivity contribution is 5.84. The molecular formula is C10H17N5O. The van der Waals surface area contributed by atoms with Crippen LogP contribution in [-0.2, 0) is 4.79 Å². The minimum absolute atomic E-state index is 0.0767. The number of nitrogens with zero attached hydrogens (tertiary/aromatic N) is 2. The normalized spacial score (nSPS) is 12.2. The fraction of sp³-hybridized carbons (Fsp3) is 0.500. The number of aromatic nitrogens is 2. The maximum absolute atomic E-state index is 11.6. The van der Waals surface area contributed by atoms with Gasteiger partial charge in [-0.2, -0.15) is 4.98 Å². The van der Waals surface area contributed by atoms with E-state index in [1.807, 2.05) is 13.8 Å². The van der Waals surface area contributed by atoms with Crippen molar-refractivity contribution in [3.8, 4) is 0 Å². The monoisotopic (exact) mass is 223 g/mol. The highest BCUT2D eigenvalue weighted by Gasteiger charge is 2.13. The maximum atomic E-state index is 11.6. The molecule has 0 aliphatic heterocycles. The molecule has 0 fully saturated rings. The van der Waals surface area contributed by atoms with E-state index in [0.29, 0.717) is 5.82 Å². The van der Waals surface area contributed by atoms with E-state index in [0.717, 1.165) is 0 Å². The Kier molecular flexibility index (Phi) is 4.04. The van der Waals surface area contributed by atoms with Gasteiger partial charge in [-0.25, -0.2) is 4.98 Å². The first-order valence-electron chi connectivity index (χ1n) is 5.14. The molecule has 6 heteroatoms. The topological polar surface area (TPSA) is 92.9 Å². The molecule has 1 rings (SSSR count). The van der Waals surface area contributed by atoms with Gasteiger partial charge >= 0.3 is 0 Å². The molecule has 1 amide bonds. The van der Waals surface area contributed by atoms with Crippen molar-refractivity contribution in [2.45, 2.75) is 32.9 Å². The zero-order valence-electron chi connectivity index (χ0n) is 9.69. The van der Waals surface area contributed by atoms with Crippen molar-refractivity contribution in [2.24, 2.45) is 0 Å². The van der Waals surface area contributed by atoms with E-state index in [1.54, 1.807) is 13.0 Å². The first kappa shape index (κ1) is 12.2. The van der Waals surface area contributed by atoms with Gasteiger partial charge in [0.1, 0.15) is 11.9 Å². The van der Waals surface area contributed by atoms with Crippen LogP contribution in [0.1, 0.15) is 20.8 Å². The molecular weight excluding hydrogens is 206 g/mol. The molecule has 0 spiro atoms. The molecule has 1 atom stereocenters. The van der Waals surface area contributed by atoms with Crippen molar-refractivity contribution in [3.63, 3.8) is 0 Å². The second-order valence-corrected chi connectivity index (χ2v) is 3.83. The minimum Gasteiger partial charge on any atom is -0.368 e. The molecule has 1 heterocycles. The van der Waals surface area contributed by atoms with Crippen LogP contribution in [0.15, 0.2) is 12.3 Å². The van der Waals surface area contributed by atoms with Gasteiger partial charge in [0, 0.05) is 12.2 Å². The van der Waals surface area contributed by atoms with Crippen molar-refractivity contribution >= 4 is 17.7 Å². The Hall–Kier alpha value is -1.85. The van der Waals surface area contributed by atoms with Gasteiger partial charge in [-0.05, 0) is 26.8 Å². The van der Waals surface area contributed by atoms with Crippen LogP contribution in [0.5, 0.6) is 0 Å². The average molecular weight is 223 g/mol. The molecule has 0 saturated carbocycles. The third-order valence-corrected chi connectivity index (χ3v) is 1.86. The summed E-state index contributed by atoms with van der Waals surface area (Å²) in [6.07, 6.45) is 1.54. The van der Waals surface area contributed by atoms with Crippen molar-refractivity contribution < 1.29 is 4.79 Å². The number of carbonyl (C=O) groups excluding carboxylic acids is 1. The molecule has 0 aliphatic carbocycles. The molecule has 4 N–H and O–H groups in total. The lowest BCUT2D eigenvalue weighted by Gasteiger charge is -2.16.